The maximum atomic E-state index is 12.6. The van der Waals surface area contributed by atoms with Crippen LogP contribution in [0.25, 0.3) is 0 Å². The minimum Gasteiger partial charge on any atom is -0.330 e. The van der Waals surface area contributed by atoms with E-state index in [4.69, 9.17) is 0 Å². The van der Waals surface area contributed by atoms with E-state index < -0.39 is 11.8 Å². The van der Waals surface area contributed by atoms with Crippen LogP contribution in [-0.2, 0) is 29.1 Å². The van der Waals surface area contributed by atoms with Crippen molar-refractivity contribution in [2.75, 3.05) is 13.1 Å². The van der Waals surface area contributed by atoms with Crippen molar-refractivity contribution in [1.29, 1.82) is 0 Å². The lowest BCUT2D eigenvalue weighted by molar-refractivity contribution is -0.152. The van der Waals surface area contributed by atoms with E-state index in [2.05, 4.69) is 6.07 Å². The molecule has 2 amide bonds. The molecule has 1 heterocycles. The summed E-state index contributed by atoms with van der Waals surface area (Å²) in [5.41, 5.74) is 3.44. The van der Waals surface area contributed by atoms with E-state index in [1.54, 1.807) is 9.80 Å². The van der Waals surface area contributed by atoms with Gasteiger partial charge in [-0.2, -0.15) is 0 Å². The van der Waals surface area contributed by atoms with Gasteiger partial charge in [-0.25, -0.2) is 0 Å². The molecule has 0 aliphatic carbocycles. The van der Waals surface area contributed by atoms with Crippen molar-refractivity contribution in [2.45, 2.75) is 26.4 Å². The van der Waals surface area contributed by atoms with Crippen LogP contribution in [0.5, 0.6) is 0 Å². The molecule has 0 saturated heterocycles. The predicted molar refractivity (Wildman–Crippen MR) is 93.1 cm³/mol. The van der Waals surface area contributed by atoms with Crippen molar-refractivity contribution >= 4 is 11.8 Å². The largest absolute Gasteiger partial charge is 0.330 e. The second kappa shape index (κ2) is 7.30. The third-order valence-corrected chi connectivity index (χ3v) is 4.49. The lowest BCUT2D eigenvalue weighted by Crippen LogP contribution is -2.46. The standard InChI is InChI=1S/C20H22N2O2/c1-2-21(14-16-8-4-3-5-9-16)19(23)20(24)22-13-12-17-10-6-7-11-18(17)15-22/h3-11H,2,12-15H2,1H3. The van der Waals surface area contributed by atoms with Gasteiger partial charge in [0.25, 0.3) is 0 Å². The van der Waals surface area contributed by atoms with Crippen molar-refractivity contribution < 1.29 is 9.59 Å². The van der Waals surface area contributed by atoms with Crippen molar-refractivity contribution in [3.05, 3.63) is 71.3 Å². The number of amides is 2. The van der Waals surface area contributed by atoms with E-state index in [-0.39, 0.29) is 0 Å². The second-order valence-corrected chi connectivity index (χ2v) is 6.05. The summed E-state index contributed by atoms with van der Waals surface area (Å²) in [5.74, 6) is -0.817. The Bertz CT molecular complexity index is 715. The van der Waals surface area contributed by atoms with Crippen LogP contribution in [-0.4, -0.2) is 34.7 Å². The molecular formula is C20H22N2O2. The number of fused-ring (bicyclic) bond motifs is 1. The summed E-state index contributed by atoms with van der Waals surface area (Å²) in [5, 5.41) is 0. The summed E-state index contributed by atoms with van der Waals surface area (Å²) >= 11 is 0. The molecule has 4 nitrogen and oxygen atoms in total. The van der Waals surface area contributed by atoms with Crippen molar-refractivity contribution in [3.63, 3.8) is 0 Å². The van der Waals surface area contributed by atoms with Gasteiger partial charge in [-0.05, 0) is 30.0 Å². The molecule has 0 radical (unpaired) electrons. The van der Waals surface area contributed by atoms with Crippen LogP contribution in [0, 0.1) is 0 Å². The van der Waals surface area contributed by atoms with Gasteiger partial charge in [0.1, 0.15) is 0 Å². The third kappa shape index (κ3) is 3.48. The van der Waals surface area contributed by atoms with E-state index in [9.17, 15) is 9.59 Å². The fraction of sp³-hybridized carbons (Fsp3) is 0.300. The number of hydrogen-bond donors (Lipinski definition) is 0. The monoisotopic (exact) mass is 322 g/mol. The molecule has 0 bridgehead atoms. The molecule has 124 valence electrons. The van der Waals surface area contributed by atoms with Crippen molar-refractivity contribution in [2.24, 2.45) is 0 Å². The Morgan fingerprint density at radius 1 is 1.00 bits per heavy atom. The fourth-order valence-corrected chi connectivity index (χ4v) is 3.07. The first kappa shape index (κ1) is 16.2. The molecule has 24 heavy (non-hydrogen) atoms. The summed E-state index contributed by atoms with van der Waals surface area (Å²) in [6.45, 7) is 4.00. The predicted octanol–water partition coefficient (Wildman–Crippen LogP) is 2.62. The Kier molecular flexibility index (Phi) is 4.94. The highest BCUT2D eigenvalue weighted by atomic mass is 16.2. The maximum absolute atomic E-state index is 12.6. The number of likely N-dealkylation sites (N-methyl/N-ethyl adjacent to an activating group) is 1. The number of hydrogen-bond acceptors (Lipinski definition) is 2. The molecule has 3 rings (SSSR count). The zero-order chi connectivity index (χ0) is 16.9. The molecular weight excluding hydrogens is 300 g/mol. The van der Waals surface area contributed by atoms with Gasteiger partial charge in [0.15, 0.2) is 0 Å². The molecule has 0 aromatic heterocycles. The van der Waals surface area contributed by atoms with Gasteiger partial charge < -0.3 is 9.80 Å². The van der Waals surface area contributed by atoms with Gasteiger partial charge in [0.2, 0.25) is 0 Å². The molecule has 4 heteroatoms. The van der Waals surface area contributed by atoms with E-state index >= 15 is 0 Å². The molecule has 0 spiro atoms. The Hall–Kier alpha value is -2.62. The molecule has 2 aromatic rings. The molecule has 0 saturated carbocycles. The van der Waals surface area contributed by atoms with Crippen LogP contribution in [0.2, 0.25) is 0 Å². The fourth-order valence-electron chi connectivity index (χ4n) is 3.07. The minimum absolute atomic E-state index is 0.401. The maximum Gasteiger partial charge on any atom is 0.312 e. The van der Waals surface area contributed by atoms with Crippen LogP contribution in [0.1, 0.15) is 23.6 Å². The number of nitrogens with zero attached hydrogens (tertiary/aromatic N) is 2. The average Bonchev–Trinajstić information content (AvgIpc) is 2.65. The quantitative estimate of drug-likeness (QED) is 0.815. The molecule has 2 aromatic carbocycles. The number of benzene rings is 2. The number of rotatable bonds is 3. The first-order valence-electron chi connectivity index (χ1n) is 8.38. The third-order valence-electron chi connectivity index (χ3n) is 4.49. The summed E-state index contributed by atoms with van der Waals surface area (Å²) < 4.78 is 0. The topological polar surface area (TPSA) is 40.6 Å². The normalized spacial score (nSPS) is 13.3. The highest BCUT2D eigenvalue weighted by Gasteiger charge is 2.28. The van der Waals surface area contributed by atoms with Gasteiger partial charge in [0, 0.05) is 26.2 Å². The number of carbonyl (C=O) groups excluding carboxylic acids is 2. The molecule has 0 N–H and O–H groups in total. The van der Waals surface area contributed by atoms with Crippen molar-refractivity contribution in [1.82, 2.24) is 9.80 Å². The van der Waals surface area contributed by atoms with Gasteiger partial charge in [0.05, 0.1) is 0 Å². The SMILES string of the molecule is CCN(Cc1ccccc1)C(=O)C(=O)N1CCc2ccccc2C1. The Labute approximate surface area is 142 Å². The molecule has 0 unspecified atom stereocenters. The van der Waals surface area contributed by atoms with Gasteiger partial charge >= 0.3 is 11.8 Å². The van der Waals surface area contributed by atoms with Crippen LogP contribution in [0.15, 0.2) is 54.6 Å². The minimum atomic E-state index is -0.416. The zero-order valence-electron chi connectivity index (χ0n) is 13.9. The smallest absolute Gasteiger partial charge is 0.312 e. The summed E-state index contributed by atoms with van der Waals surface area (Å²) in [6, 6.07) is 17.9. The van der Waals surface area contributed by atoms with Crippen LogP contribution >= 0.6 is 0 Å². The van der Waals surface area contributed by atoms with Gasteiger partial charge in [-0.1, -0.05) is 54.6 Å². The van der Waals surface area contributed by atoms with Crippen LogP contribution in [0.3, 0.4) is 0 Å². The van der Waals surface area contributed by atoms with Crippen LogP contribution in [0.4, 0.5) is 0 Å². The lowest BCUT2D eigenvalue weighted by atomic mass is 10.00. The first-order valence-corrected chi connectivity index (χ1v) is 8.38. The molecule has 1 aliphatic rings. The van der Waals surface area contributed by atoms with E-state index in [1.165, 1.54) is 5.56 Å². The summed E-state index contributed by atoms with van der Waals surface area (Å²) in [6.07, 6.45) is 0.806. The van der Waals surface area contributed by atoms with Gasteiger partial charge in [-0.15, -0.1) is 0 Å². The summed E-state index contributed by atoms with van der Waals surface area (Å²) in [7, 11) is 0. The number of carbonyl (C=O) groups is 2. The van der Waals surface area contributed by atoms with Crippen LogP contribution < -0.4 is 0 Å². The van der Waals surface area contributed by atoms with E-state index in [1.807, 2.05) is 55.5 Å². The molecule has 0 fully saturated rings. The highest BCUT2D eigenvalue weighted by Crippen LogP contribution is 2.19. The van der Waals surface area contributed by atoms with E-state index in [0.717, 1.165) is 17.5 Å². The van der Waals surface area contributed by atoms with Gasteiger partial charge in [-0.3, -0.25) is 9.59 Å². The molecule has 1 aliphatic heterocycles. The Morgan fingerprint density at radius 2 is 1.67 bits per heavy atom. The Balaban J connectivity index is 1.68. The Morgan fingerprint density at radius 3 is 2.38 bits per heavy atom. The summed E-state index contributed by atoms with van der Waals surface area (Å²) in [4.78, 5) is 28.5. The highest BCUT2D eigenvalue weighted by molar-refractivity contribution is 6.34. The zero-order valence-corrected chi connectivity index (χ0v) is 13.9. The first-order chi connectivity index (χ1) is 11.7. The van der Waals surface area contributed by atoms with E-state index in [0.29, 0.717) is 26.2 Å². The van der Waals surface area contributed by atoms with Crippen molar-refractivity contribution in [3.8, 4) is 0 Å². The average molecular weight is 322 g/mol. The molecule has 0 atom stereocenters. The lowest BCUT2D eigenvalue weighted by Gasteiger charge is -2.30. The second-order valence-electron chi connectivity index (χ2n) is 6.05.